The minimum absolute atomic E-state index is 0.0969. The van der Waals surface area contributed by atoms with Crippen LogP contribution < -0.4 is 0 Å². The molecule has 2 aromatic carbocycles. The van der Waals surface area contributed by atoms with Crippen molar-refractivity contribution in [3.63, 3.8) is 0 Å². The normalized spacial score (nSPS) is 16.6. The van der Waals surface area contributed by atoms with Gasteiger partial charge >= 0.3 is 0 Å². The monoisotopic (exact) mass is 347 g/mol. The molecule has 1 aromatic heterocycles. The third-order valence-electron chi connectivity index (χ3n) is 4.16. The van der Waals surface area contributed by atoms with Crippen LogP contribution in [0.15, 0.2) is 59.8 Å². The first-order chi connectivity index (χ1) is 11.1. The molecular weight excluding hydrogens is 334 g/mol. The summed E-state index contributed by atoms with van der Waals surface area (Å²) in [7, 11) is -3.54. The van der Waals surface area contributed by atoms with Crippen molar-refractivity contribution in [1.82, 2.24) is 13.9 Å². The van der Waals surface area contributed by atoms with Crippen LogP contribution in [-0.2, 0) is 10.0 Å². The van der Waals surface area contributed by atoms with Crippen molar-refractivity contribution < 1.29 is 8.42 Å². The Hall–Kier alpha value is -1.89. The molecule has 4 rings (SSSR count). The summed E-state index contributed by atoms with van der Waals surface area (Å²) in [6, 6.07) is 14.5. The van der Waals surface area contributed by atoms with Gasteiger partial charge in [0, 0.05) is 13.1 Å². The van der Waals surface area contributed by atoms with E-state index < -0.39 is 10.0 Å². The average molecular weight is 348 g/mol. The fourth-order valence-corrected chi connectivity index (χ4v) is 4.86. The lowest BCUT2D eigenvalue weighted by molar-refractivity contribution is 0.208. The molecule has 0 aliphatic carbocycles. The zero-order valence-electron chi connectivity index (χ0n) is 12.1. The van der Waals surface area contributed by atoms with Crippen LogP contribution >= 0.6 is 11.6 Å². The van der Waals surface area contributed by atoms with Gasteiger partial charge in [-0.05, 0) is 24.3 Å². The van der Waals surface area contributed by atoms with Crippen molar-refractivity contribution in [3.05, 3.63) is 59.9 Å². The van der Waals surface area contributed by atoms with E-state index in [9.17, 15) is 8.42 Å². The van der Waals surface area contributed by atoms with Gasteiger partial charge in [0.25, 0.3) is 0 Å². The predicted octanol–water partition coefficient (Wildman–Crippen LogP) is 2.94. The average Bonchev–Trinajstić information content (AvgIpc) is 2.90. The molecule has 0 atom stereocenters. The molecular formula is C16H14ClN3O2S. The molecule has 0 spiro atoms. The maximum absolute atomic E-state index is 12.6. The van der Waals surface area contributed by atoms with E-state index in [1.807, 2.05) is 28.8 Å². The van der Waals surface area contributed by atoms with E-state index in [1.54, 1.807) is 24.5 Å². The molecule has 5 nitrogen and oxygen atoms in total. The van der Waals surface area contributed by atoms with Crippen LogP contribution in [0.25, 0.3) is 11.0 Å². The number of hydrogen-bond donors (Lipinski definition) is 0. The van der Waals surface area contributed by atoms with Gasteiger partial charge in [-0.15, -0.1) is 0 Å². The molecule has 3 aromatic rings. The van der Waals surface area contributed by atoms with Crippen molar-refractivity contribution in [2.24, 2.45) is 0 Å². The first-order valence-electron chi connectivity index (χ1n) is 7.23. The van der Waals surface area contributed by atoms with Crippen LogP contribution in [0.2, 0.25) is 5.02 Å². The van der Waals surface area contributed by atoms with Crippen molar-refractivity contribution >= 4 is 32.7 Å². The number of hydrogen-bond acceptors (Lipinski definition) is 3. The lowest BCUT2D eigenvalue weighted by Gasteiger charge is -2.39. The van der Waals surface area contributed by atoms with Gasteiger partial charge in [-0.2, -0.15) is 4.31 Å². The molecule has 2 heterocycles. The zero-order chi connectivity index (χ0) is 16.0. The van der Waals surface area contributed by atoms with E-state index in [0.717, 1.165) is 11.0 Å². The van der Waals surface area contributed by atoms with Gasteiger partial charge in [0.15, 0.2) is 0 Å². The van der Waals surface area contributed by atoms with Gasteiger partial charge in [0.2, 0.25) is 10.0 Å². The molecule has 7 heteroatoms. The molecule has 1 aliphatic rings. The van der Waals surface area contributed by atoms with Crippen molar-refractivity contribution in [2.45, 2.75) is 10.9 Å². The molecule has 0 radical (unpaired) electrons. The minimum atomic E-state index is -3.54. The van der Waals surface area contributed by atoms with Crippen LogP contribution in [-0.4, -0.2) is 35.4 Å². The Kier molecular flexibility index (Phi) is 3.41. The Bertz CT molecular complexity index is 978. The molecule has 1 saturated heterocycles. The number of para-hydroxylation sites is 2. The molecule has 0 N–H and O–H groups in total. The Labute approximate surface area is 139 Å². The minimum Gasteiger partial charge on any atom is -0.325 e. The highest BCUT2D eigenvalue weighted by Crippen LogP contribution is 2.32. The first-order valence-corrected chi connectivity index (χ1v) is 9.05. The third kappa shape index (κ3) is 2.34. The second-order valence-corrected chi connectivity index (χ2v) is 7.86. The van der Waals surface area contributed by atoms with Crippen LogP contribution in [0.5, 0.6) is 0 Å². The topological polar surface area (TPSA) is 55.2 Å². The summed E-state index contributed by atoms with van der Waals surface area (Å²) < 4.78 is 28.7. The Morgan fingerprint density at radius 3 is 2.52 bits per heavy atom. The van der Waals surface area contributed by atoms with Crippen LogP contribution in [0, 0.1) is 0 Å². The second kappa shape index (κ2) is 5.33. The highest BCUT2D eigenvalue weighted by Gasteiger charge is 2.38. The van der Waals surface area contributed by atoms with E-state index >= 15 is 0 Å². The summed E-state index contributed by atoms with van der Waals surface area (Å²) in [5.41, 5.74) is 1.94. The zero-order valence-corrected chi connectivity index (χ0v) is 13.7. The quantitative estimate of drug-likeness (QED) is 0.732. The Balaban J connectivity index is 1.59. The molecule has 0 unspecified atom stereocenters. The summed E-state index contributed by atoms with van der Waals surface area (Å²) in [6.07, 6.45) is 1.77. The summed E-state index contributed by atoms with van der Waals surface area (Å²) in [5, 5.41) is 0.254. The number of aromatic nitrogens is 2. The number of fused-ring (bicyclic) bond motifs is 1. The maximum atomic E-state index is 12.6. The fourth-order valence-electron chi connectivity index (χ4n) is 2.85. The van der Waals surface area contributed by atoms with Crippen LogP contribution in [0.3, 0.4) is 0 Å². The van der Waals surface area contributed by atoms with E-state index in [1.165, 1.54) is 10.4 Å². The van der Waals surface area contributed by atoms with Crippen molar-refractivity contribution in [3.8, 4) is 0 Å². The Morgan fingerprint density at radius 1 is 1.04 bits per heavy atom. The fraction of sp³-hybridized carbons (Fsp3) is 0.188. The molecule has 1 fully saturated rings. The number of imidazole rings is 1. The van der Waals surface area contributed by atoms with E-state index in [4.69, 9.17) is 11.6 Å². The number of halogens is 1. The number of sulfonamides is 1. The van der Waals surface area contributed by atoms with E-state index in [2.05, 4.69) is 4.98 Å². The van der Waals surface area contributed by atoms with Gasteiger partial charge in [-0.25, -0.2) is 13.4 Å². The summed E-state index contributed by atoms with van der Waals surface area (Å²) in [4.78, 5) is 4.52. The summed E-state index contributed by atoms with van der Waals surface area (Å²) >= 11 is 6.03. The summed E-state index contributed by atoms with van der Waals surface area (Å²) in [5.74, 6) is 0. The molecule has 0 saturated carbocycles. The highest BCUT2D eigenvalue weighted by atomic mass is 35.5. The van der Waals surface area contributed by atoms with E-state index in [-0.39, 0.29) is 16.0 Å². The third-order valence-corrected chi connectivity index (χ3v) is 6.49. The molecule has 0 bridgehead atoms. The standard InChI is InChI=1S/C16H14ClN3O2S/c17-13-5-1-4-8-16(13)23(21,22)19-9-12(10-19)20-11-18-14-6-2-3-7-15(14)20/h1-8,11-12H,9-10H2. The SMILES string of the molecule is O=S(=O)(c1ccccc1Cl)N1CC(n2cnc3ccccc32)C1. The lowest BCUT2D eigenvalue weighted by Crippen LogP contribution is -2.50. The highest BCUT2D eigenvalue weighted by molar-refractivity contribution is 7.89. The second-order valence-electron chi connectivity index (χ2n) is 5.55. The van der Waals surface area contributed by atoms with Crippen molar-refractivity contribution in [2.75, 3.05) is 13.1 Å². The molecule has 1 aliphatic heterocycles. The van der Waals surface area contributed by atoms with Crippen LogP contribution in [0.4, 0.5) is 0 Å². The number of rotatable bonds is 3. The maximum Gasteiger partial charge on any atom is 0.244 e. The van der Waals surface area contributed by atoms with Gasteiger partial charge in [-0.3, -0.25) is 0 Å². The molecule has 118 valence electrons. The van der Waals surface area contributed by atoms with E-state index in [0.29, 0.717) is 13.1 Å². The molecule has 23 heavy (non-hydrogen) atoms. The van der Waals surface area contributed by atoms with Gasteiger partial charge in [-0.1, -0.05) is 35.9 Å². The predicted molar refractivity (Wildman–Crippen MR) is 89.0 cm³/mol. The lowest BCUT2D eigenvalue weighted by atomic mass is 10.1. The van der Waals surface area contributed by atoms with Gasteiger partial charge in [0.1, 0.15) is 4.90 Å². The number of nitrogens with zero attached hydrogens (tertiary/aromatic N) is 3. The summed E-state index contributed by atoms with van der Waals surface area (Å²) in [6.45, 7) is 0.849. The number of benzene rings is 2. The van der Waals surface area contributed by atoms with Gasteiger partial charge in [0.05, 0.1) is 28.4 Å². The Morgan fingerprint density at radius 2 is 1.74 bits per heavy atom. The molecule has 0 amide bonds. The smallest absolute Gasteiger partial charge is 0.244 e. The van der Waals surface area contributed by atoms with Gasteiger partial charge < -0.3 is 4.57 Å². The van der Waals surface area contributed by atoms with Crippen molar-refractivity contribution in [1.29, 1.82) is 0 Å². The first kappa shape index (κ1) is 14.7. The van der Waals surface area contributed by atoms with Crippen LogP contribution in [0.1, 0.15) is 6.04 Å². The largest absolute Gasteiger partial charge is 0.325 e.